The maximum atomic E-state index is 6.07. The van der Waals surface area contributed by atoms with Crippen molar-refractivity contribution in [2.24, 2.45) is 0 Å². The lowest BCUT2D eigenvalue weighted by molar-refractivity contribution is 0.623. The molecule has 3 heteroatoms. The van der Waals surface area contributed by atoms with Crippen LogP contribution in [0.25, 0.3) is 0 Å². The van der Waals surface area contributed by atoms with E-state index in [1.165, 1.54) is 5.57 Å². The lowest BCUT2D eigenvalue weighted by Crippen LogP contribution is -2.25. The summed E-state index contributed by atoms with van der Waals surface area (Å²) in [6.07, 6.45) is 0. The van der Waals surface area contributed by atoms with Gasteiger partial charge in [-0.1, -0.05) is 49.7 Å². The monoisotopic (exact) mass is 255 g/mol. The molecule has 0 unspecified atom stereocenters. The lowest BCUT2D eigenvalue weighted by Gasteiger charge is -2.10. The van der Waals surface area contributed by atoms with Crippen LogP contribution in [-0.4, -0.2) is 18.3 Å². The molecule has 16 heavy (non-hydrogen) atoms. The zero-order chi connectivity index (χ0) is 12.0. The van der Waals surface area contributed by atoms with Crippen LogP contribution in [0.1, 0.15) is 13.8 Å². The summed E-state index contributed by atoms with van der Waals surface area (Å²) in [6.45, 7) is 9.18. The minimum absolute atomic E-state index is 0.502. The highest BCUT2D eigenvalue weighted by atomic mass is 35.5. The molecule has 0 aliphatic rings. The van der Waals surface area contributed by atoms with Crippen LogP contribution in [0.3, 0.4) is 0 Å². The smallest absolute Gasteiger partial charge is 0.0541 e. The molecular formula is C13H18ClNS. The van der Waals surface area contributed by atoms with Gasteiger partial charge in [-0.2, -0.15) is 0 Å². The van der Waals surface area contributed by atoms with Crippen LogP contribution in [-0.2, 0) is 0 Å². The molecule has 0 radical (unpaired) electrons. The molecule has 0 atom stereocenters. The van der Waals surface area contributed by atoms with Gasteiger partial charge in [-0.15, -0.1) is 11.8 Å². The van der Waals surface area contributed by atoms with Gasteiger partial charge in [0.2, 0.25) is 0 Å². The van der Waals surface area contributed by atoms with Gasteiger partial charge in [-0.25, -0.2) is 0 Å². The van der Waals surface area contributed by atoms with Gasteiger partial charge in [0.15, 0.2) is 0 Å². The van der Waals surface area contributed by atoms with Crippen LogP contribution < -0.4 is 5.32 Å². The Morgan fingerprint density at radius 2 is 2.12 bits per heavy atom. The number of nitrogens with one attached hydrogen (secondary N) is 1. The first-order valence-electron chi connectivity index (χ1n) is 5.37. The highest BCUT2D eigenvalue weighted by molar-refractivity contribution is 7.99. The molecule has 1 aromatic rings. The van der Waals surface area contributed by atoms with E-state index >= 15 is 0 Å². The molecule has 0 spiro atoms. The first kappa shape index (κ1) is 13.6. The first-order valence-corrected chi connectivity index (χ1v) is 6.73. The number of rotatable bonds is 6. The van der Waals surface area contributed by atoms with E-state index in [1.54, 1.807) is 11.8 Å². The van der Waals surface area contributed by atoms with E-state index in [0.717, 1.165) is 22.2 Å². The molecule has 88 valence electrons. The lowest BCUT2D eigenvalue weighted by atomic mass is 10.3. The SMILES string of the molecule is C=C(CNC(C)C)CSc1ccccc1Cl. The number of halogens is 1. The molecule has 0 heterocycles. The molecule has 0 aliphatic carbocycles. The Morgan fingerprint density at radius 1 is 1.44 bits per heavy atom. The maximum absolute atomic E-state index is 6.07. The average Bonchev–Trinajstić information content (AvgIpc) is 2.25. The molecule has 1 rings (SSSR count). The summed E-state index contributed by atoms with van der Waals surface area (Å²) in [5.74, 6) is 0.906. The molecule has 0 bridgehead atoms. The fraction of sp³-hybridized carbons (Fsp3) is 0.385. The fourth-order valence-electron chi connectivity index (χ4n) is 1.14. The minimum Gasteiger partial charge on any atom is -0.311 e. The van der Waals surface area contributed by atoms with E-state index < -0.39 is 0 Å². The Balaban J connectivity index is 2.35. The van der Waals surface area contributed by atoms with Gasteiger partial charge in [-0.05, 0) is 12.1 Å². The zero-order valence-corrected chi connectivity index (χ0v) is 11.4. The third-order valence-corrected chi connectivity index (χ3v) is 3.69. The van der Waals surface area contributed by atoms with Crippen LogP contribution in [0.2, 0.25) is 5.02 Å². The van der Waals surface area contributed by atoms with Gasteiger partial charge in [0.25, 0.3) is 0 Å². The third-order valence-electron chi connectivity index (χ3n) is 2.03. The maximum Gasteiger partial charge on any atom is 0.0541 e. The summed E-state index contributed by atoms with van der Waals surface area (Å²) >= 11 is 7.80. The molecule has 0 aromatic heterocycles. The molecule has 0 fully saturated rings. The Kier molecular flexibility index (Phi) is 5.96. The van der Waals surface area contributed by atoms with Crippen molar-refractivity contribution >= 4 is 23.4 Å². The highest BCUT2D eigenvalue weighted by Crippen LogP contribution is 2.27. The molecule has 1 nitrogen and oxygen atoms in total. The predicted octanol–water partition coefficient (Wildman–Crippen LogP) is 3.99. The van der Waals surface area contributed by atoms with Crippen molar-refractivity contribution in [1.29, 1.82) is 0 Å². The van der Waals surface area contributed by atoms with Gasteiger partial charge in [0, 0.05) is 23.2 Å². The van der Waals surface area contributed by atoms with Crippen molar-refractivity contribution in [3.05, 3.63) is 41.4 Å². The molecule has 0 aliphatic heterocycles. The second kappa shape index (κ2) is 7.00. The minimum atomic E-state index is 0.502. The molecule has 0 saturated carbocycles. The standard InChI is InChI=1S/C13H18ClNS/c1-10(2)15-8-11(3)9-16-13-7-5-4-6-12(13)14/h4-7,10,15H,3,8-9H2,1-2H3. The van der Waals surface area contributed by atoms with E-state index in [2.05, 4.69) is 25.7 Å². The summed E-state index contributed by atoms with van der Waals surface area (Å²) in [7, 11) is 0. The van der Waals surface area contributed by atoms with Gasteiger partial charge < -0.3 is 5.32 Å². The number of benzene rings is 1. The van der Waals surface area contributed by atoms with Gasteiger partial charge >= 0.3 is 0 Å². The molecule has 1 aromatic carbocycles. The molecular weight excluding hydrogens is 238 g/mol. The van der Waals surface area contributed by atoms with E-state index in [9.17, 15) is 0 Å². The number of thioether (sulfide) groups is 1. The summed E-state index contributed by atoms with van der Waals surface area (Å²) in [6, 6.07) is 8.40. The van der Waals surface area contributed by atoms with E-state index in [0.29, 0.717) is 6.04 Å². The normalized spacial score (nSPS) is 10.8. The Bertz CT molecular complexity index is 350. The van der Waals surface area contributed by atoms with Crippen LogP contribution in [0.4, 0.5) is 0 Å². The third kappa shape index (κ3) is 5.06. The average molecular weight is 256 g/mol. The Morgan fingerprint density at radius 3 is 2.75 bits per heavy atom. The van der Waals surface area contributed by atoms with Crippen LogP contribution in [0.15, 0.2) is 41.3 Å². The van der Waals surface area contributed by atoms with Crippen molar-refractivity contribution in [2.75, 3.05) is 12.3 Å². The summed E-state index contributed by atoms with van der Waals surface area (Å²) < 4.78 is 0. The highest BCUT2D eigenvalue weighted by Gasteiger charge is 2.01. The Labute approximate surface area is 107 Å². The van der Waals surface area contributed by atoms with Crippen molar-refractivity contribution < 1.29 is 0 Å². The number of hydrogen-bond donors (Lipinski definition) is 1. The summed E-state index contributed by atoms with van der Waals surface area (Å²) in [4.78, 5) is 1.12. The largest absolute Gasteiger partial charge is 0.311 e. The van der Waals surface area contributed by atoms with Crippen molar-refractivity contribution in [2.45, 2.75) is 24.8 Å². The summed E-state index contributed by atoms with van der Waals surface area (Å²) in [5, 5.41) is 4.17. The second-order valence-corrected chi connectivity index (χ2v) is 5.43. The van der Waals surface area contributed by atoms with Crippen molar-refractivity contribution in [3.63, 3.8) is 0 Å². The van der Waals surface area contributed by atoms with Crippen LogP contribution in [0, 0.1) is 0 Å². The van der Waals surface area contributed by atoms with Crippen molar-refractivity contribution in [1.82, 2.24) is 5.32 Å². The number of hydrogen-bond acceptors (Lipinski definition) is 2. The van der Waals surface area contributed by atoms with Crippen LogP contribution in [0.5, 0.6) is 0 Å². The van der Waals surface area contributed by atoms with Gasteiger partial charge in [0.1, 0.15) is 0 Å². The van der Waals surface area contributed by atoms with E-state index in [1.807, 2.05) is 24.3 Å². The van der Waals surface area contributed by atoms with Crippen LogP contribution >= 0.6 is 23.4 Å². The quantitative estimate of drug-likeness (QED) is 0.610. The topological polar surface area (TPSA) is 12.0 Å². The van der Waals surface area contributed by atoms with E-state index in [4.69, 9.17) is 11.6 Å². The second-order valence-electron chi connectivity index (χ2n) is 4.00. The molecule has 0 amide bonds. The van der Waals surface area contributed by atoms with Gasteiger partial charge in [-0.3, -0.25) is 0 Å². The predicted molar refractivity (Wildman–Crippen MR) is 74.5 cm³/mol. The zero-order valence-electron chi connectivity index (χ0n) is 9.79. The first-order chi connectivity index (χ1) is 7.59. The van der Waals surface area contributed by atoms with E-state index in [-0.39, 0.29) is 0 Å². The van der Waals surface area contributed by atoms with Gasteiger partial charge in [0.05, 0.1) is 5.02 Å². The molecule has 0 saturated heterocycles. The summed E-state index contributed by atoms with van der Waals surface area (Å²) in [5.41, 5.74) is 1.19. The molecule has 1 N–H and O–H groups in total. The van der Waals surface area contributed by atoms with Crippen molar-refractivity contribution in [3.8, 4) is 0 Å². The Hall–Kier alpha value is -0.440. The fourth-order valence-corrected chi connectivity index (χ4v) is 2.28.